The number of nitrogens with one attached hydrogen (secondary N) is 1. The first kappa shape index (κ1) is 16.0. The van der Waals surface area contributed by atoms with Crippen molar-refractivity contribution in [2.45, 2.75) is 12.5 Å². The van der Waals surface area contributed by atoms with Crippen LogP contribution in [0.3, 0.4) is 0 Å². The number of hydrogen-bond acceptors (Lipinski definition) is 1. The SMILES string of the molecule is CNC(Cc1cc(F)ccc1F)c1ccc(F)c(F)c1Br. The Morgan fingerprint density at radius 3 is 2.38 bits per heavy atom. The van der Waals surface area contributed by atoms with Crippen LogP contribution in [0.15, 0.2) is 34.8 Å². The van der Waals surface area contributed by atoms with Gasteiger partial charge >= 0.3 is 0 Å². The highest BCUT2D eigenvalue weighted by Gasteiger charge is 2.19. The predicted octanol–water partition coefficient (Wildman–Crippen LogP) is 4.51. The molecule has 0 bridgehead atoms. The smallest absolute Gasteiger partial charge is 0.173 e. The van der Waals surface area contributed by atoms with Gasteiger partial charge in [-0.3, -0.25) is 0 Å². The van der Waals surface area contributed by atoms with Crippen LogP contribution in [0.1, 0.15) is 17.2 Å². The summed E-state index contributed by atoms with van der Waals surface area (Å²) in [6.07, 6.45) is 0.101. The monoisotopic (exact) mass is 361 g/mol. The normalized spacial score (nSPS) is 12.5. The molecule has 1 atom stereocenters. The topological polar surface area (TPSA) is 12.0 Å². The Kier molecular flexibility index (Phi) is 5.00. The van der Waals surface area contributed by atoms with Gasteiger partial charge in [0.05, 0.1) is 4.47 Å². The van der Waals surface area contributed by atoms with Crippen LogP contribution < -0.4 is 5.32 Å². The Morgan fingerprint density at radius 1 is 1.05 bits per heavy atom. The number of halogens is 5. The molecule has 2 aromatic rings. The van der Waals surface area contributed by atoms with Gasteiger partial charge in [0.25, 0.3) is 0 Å². The molecule has 1 unspecified atom stereocenters. The predicted molar refractivity (Wildman–Crippen MR) is 75.9 cm³/mol. The van der Waals surface area contributed by atoms with Crippen molar-refractivity contribution in [1.82, 2.24) is 5.32 Å². The Bertz CT molecular complexity index is 660. The molecule has 1 N–H and O–H groups in total. The highest BCUT2D eigenvalue weighted by molar-refractivity contribution is 9.10. The zero-order valence-corrected chi connectivity index (χ0v) is 12.6. The highest BCUT2D eigenvalue weighted by atomic mass is 79.9. The lowest BCUT2D eigenvalue weighted by Crippen LogP contribution is -2.20. The van der Waals surface area contributed by atoms with Gasteiger partial charge in [0, 0.05) is 6.04 Å². The van der Waals surface area contributed by atoms with Crippen LogP contribution in [0.5, 0.6) is 0 Å². The van der Waals surface area contributed by atoms with E-state index in [0.717, 1.165) is 24.3 Å². The van der Waals surface area contributed by atoms with E-state index in [1.807, 2.05) is 0 Å². The molecular weight excluding hydrogens is 350 g/mol. The molecule has 0 aliphatic rings. The largest absolute Gasteiger partial charge is 0.313 e. The maximum atomic E-state index is 13.7. The fraction of sp³-hybridized carbons (Fsp3) is 0.200. The quantitative estimate of drug-likeness (QED) is 0.624. The molecule has 0 aliphatic carbocycles. The lowest BCUT2D eigenvalue weighted by atomic mass is 9.98. The summed E-state index contributed by atoms with van der Waals surface area (Å²) in [5.74, 6) is -3.08. The van der Waals surface area contributed by atoms with Gasteiger partial charge in [-0.05, 0) is 64.8 Å². The zero-order valence-electron chi connectivity index (χ0n) is 11.1. The Balaban J connectivity index is 2.37. The molecule has 0 radical (unpaired) electrons. The van der Waals surface area contributed by atoms with Gasteiger partial charge in [-0.1, -0.05) is 6.07 Å². The van der Waals surface area contributed by atoms with E-state index in [-0.39, 0.29) is 16.5 Å². The van der Waals surface area contributed by atoms with Crippen LogP contribution in [0.4, 0.5) is 17.6 Å². The third-order valence-corrected chi connectivity index (χ3v) is 4.03. The fourth-order valence-electron chi connectivity index (χ4n) is 2.10. The second-order valence-electron chi connectivity index (χ2n) is 4.55. The molecule has 0 amide bonds. The Morgan fingerprint density at radius 2 is 1.71 bits per heavy atom. The van der Waals surface area contributed by atoms with Crippen LogP contribution in [-0.4, -0.2) is 7.05 Å². The van der Waals surface area contributed by atoms with Gasteiger partial charge in [0.2, 0.25) is 0 Å². The molecule has 0 aromatic heterocycles. The van der Waals surface area contributed by atoms with Crippen LogP contribution in [0.25, 0.3) is 0 Å². The van der Waals surface area contributed by atoms with Crippen molar-refractivity contribution in [3.8, 4) is 0 Å². The van der Waals surface area contributed by atoms with E-state index in [4.69, 9.17) is 0 Å². The number of benzene rings is 2. The van der Waals surface area contributed by atoms with Gasteiger partial charge in [0.15, 0.2) is 11.6 Å². The van der Waals surface area contributed by atoms with Crippen molar-refractivity contribution in [2.24, 2.45) is 0 Å². The van der Waals surface area contributed by atoms with Crippen molar-refractivity contribution in [3.63, 3.8) is 0 Å². The summed E-state index contributed by atoms with van der Waals surface area (Å²) >= 11 is 3.00. The molecule has 2 rings (SSSR count). The molecule has 112 valence electrons. The van der Waals surface area contributed by atoms with Crippen LogP contribution in [0.2, 0.25) is 0 Å². The summed E-state index contributed by atoms with van der Waals surface area (Å²) < 4.78 is 53.6. The van der Waals surface area contributed by atoms with E-state index in [2.05, 4.69) is 21.2 Å². The van der Waals surface area contributed by atoms with E-state index in [9.17, 15) is 17.6 Å². The maximum absolute atomic E-state index is 13.7. The van der Waals surface area contributed by atoms with Crippen molar-refractivity contribution in [3.05, 3.63) is 69.2 Å². The number of rotatable bonds is 4. The summed E-state index contributed by atoms with van der Waals surface area (Å²) in [5.41, 5.74) is 0.589. The average Bonchev–Trinajstić information content (AvgIpc) is 2.46. The van der Waals surface area contributed by atoms with Gasteiger partial charge in [-0.15, -0.1) is 0 Å². The third-order valence-electron chi connectivity index (χ3n) is 3.22. The van der Waals surface area contributed by atoms with E-state index in [1.54, 1.807) is 7.05 Å². The second-order valence-corrected chi connectivity index (χ2v) is 5.34. The molecule has 21 heavy (non-hydrogen) atoms. The van der Waals surface area contributed by atoms with Crippen LogP contribution in [0, 0.1) is 23.3 Å². The number of likely N-dealkylation sites (N-methyl/N-ethyl adjacent to an activating group) is 1. The van der Waals surface area contributed by atoms with Crippen LogP contribution >= 0.6 is 15.9 Å². The minimum atomic E-state index is -1.01. The van der Waals surface area contributed by atoms with E-state index < -0.39 is 29.3 Å². The first-order valence-electron chi connectivity index (χ1n) is 6.18. The summed E-state index contributed by atoms with van der Waals surface area (Å²) in [5, 5.41) is 2.89. The van der Waals surface area contributed by atoms with E-state index in [1.165, 1.54) is 6.07 Å². The molecule has 6 heteroatoms. The maximum Gasteiger partial charge on any atom is 0.173 e. The second kappa shape index (κ2) is 6.58. The molecule has 0 saturated heterocycles. The van der Waals surface area contributed by atoms with Crippen molar-refractivity contribution in [1.29, 1.82) is 0 Å². The zero-order chi connectivity index (χ0) is 15.6. The molecule has 0 fully saturated rings. The molecule has 0 saturated carbocycles. The molecular formula is C15H12BrF4N. The molecule has 0 aliphatic heterocycles. The molecule has 2 aromatic carbocycles. The van der Waals surface area contributed by atoms with Crippen molar-refractivity contribution >= 4 is 15.9 Å². The standard InChI is InChI=1S/C15H12BrF4N/c1-21-13(7-8-6-9(17)2-4-11(8)18)10-3-5-12(19)15(20)14(10)16/h2-6,13,21H,7H2,1H3. The lowest BCUT2D eigenvalue weighted by molar-refractivity contribution is 0.493. The summed E-state index contributed by atoms with van der Waals surface area (Å²) in [7, 11) is 1.61. The van der Waals surface area contributed by atoms with Crippen LogP contribution in [-0.2, 0) is 6.42 Å². The fourth-order valence-corrected chi connectivity index (χ4v) is 2.70. The summed E-state index contributed by atoms with van der Waals surface area (Å²) in [4.78, 5) is 0. The van der Waals surface area contributed by atoms with Gasteiger partial charge < -0.3 is 5.32 Å². The minimum Gasteiger partial charge on any atom is -0.313 e. The van der Waals surface area contributed by atoms with Gasteiger partial charge in [0.1, 0.15) is 11.6 Å². The van der Waals surface area contributed by atoms with Gasteiger partial charge in [-0.2, -0.15) is 0 Å². The van der Waals surface area contributed by atoms with E-state index in [0.29, 0.717) is 5.56 Å². The summed E-state index contributed by atoms with van der Waals surface area (Å²) in [6, 6.07) is 5.07. The Hall–Kier alpha value is -1.40. The van der Waals surface area contributed by atoms with E-state index >= 15 is 0 Å². The first-order valence-corrected chi connectivity index (χ1v) is 6.98. The lowest BCUT2D eigenvalue weighted by Gasteiger charge is -2.19. The molecule has 0 spiro atoms. The minimum absolute atomic E-state index is 0.0290. The Labute approximate surface area is 128 Å². The van der Waals surface area contributed by atoms with Gasteiger partial charge in [-0.25, -0.2) is 17.6 Å². The molecule has 1 nitrogen and oxygen atoms in total. The third kappa shape index (κ3) is 3.44. The first-order chi connectivity index (χ1) is 9.93. The highest BCUT2D eigenvalue weighted by Crippen LogP contribution is 2.30. The van der Waals surface area contributed by atoms with Crippen molar-refractivity contribution in [2.75, 3.05) is 7.05 Å². The molecule has 0 heterocycles. The van der Waals surface area contributed by atoms with Crippen molar-refractivity contribution < 1.29 is 17.6 Å². The summed E-state index contributed by atoms with van der Waals surface area (Å²) in [6.45, 7) is 0. The average molecular weight is 362 g/mol. The number of hydrogen-bond donors (Lipinski definition) is 1.